The van der Waals surface area contributed by atoms with E-state index in [0.29, 0.717) is 0 Å². The summed E-state index contributed by atoms with van der Waals surface area (Å²) in [5.41, 5.74) is 1.37. The highest BCUT2D eigenvalue weighted by Crippen LogP contribution is 2.09. The molecule has 1 heterocycles. The summed E-state index contributed by atoms with van der Waals surface area (Å²) in [6.45, 7) is 5.50. The van der Waals surface area contributed by atoms with E-state index in [4.69, 9.17) is 0 Å². The van der Waals surface area contributed by atoms with Crippen LogP contribution in [0, 0.1) is 0 Å². The molecule has 1 aromatic rings. The zero-order valence-electron chi connectivity index (χ0n) is 10.0. The molecule has 0 unspecified atom stereocenters. The van der Waals surface area contributed by atoms with E-state index in [9.17, 15) is 0 Å². The number of amidine groups is 1. The van der Waals surface area contributed by atoms with Crippen molar-refractivity contribution in [3.05, 3.63) is 35.9 Å². The van der Waals surface area contributed by atoms with Gasteiger partial charge in [-0.2, -0.15) is 0 Å². The molecule has 1 aliphatic heterocycles. The summed E-state index contributed by atoms with van der Waals surface area (Å²) in [5.74, 6) is 1.28. The maximum atomic E-state index is 4.61. The van der Waals surface area contributed by atoms with Gasteiger partial charge in [-0.25, -0.2) is 0 Å². The molecule has 0 amide bonds. The predicted molar refractivity (Wildman–Crippen MR) is 68.9 cm³/mol. The molecule has 0 aliphatic carbocycles. The third kappa shape index (κ3) is 2.84. The summed E-state index contributed by atoms with van der Waals surface area (Å²) in [5, 5.41) is 0. The average Bonchev–Trinajstić information content (AvgIpc) is 2.75. The van der Waals surface area contributed by atoms with Gasteiger partial charge in [-0.15, -0.1) is 0 Å². The number of hydrogen-bond acceptors (Lipinski definition) is 2. The van der Waals surface area contributed by atoms with E-state index in [1.807, 2.05) is 0 Å². The lowest BCUT2D eigenvalue weighted by molar-refractivity contribution is 0.438. The van der Waals surface area contributed by atoms with Crippen molar-refractivity contribution in [1.29, 1.82) is 0 Å². The summed E-state index contributed by atoms with van der Waals surface area (Å²) in [6.07, 6.45) is 3.52. The third-order valence-electron chi connectivity index (χ3n) is 3.02. The van der Waals surface area contributed by atoms with Crippen LogP contribution in [0.25, 0.3) is 0 Å². The van der Waals surface area contributed by atoms with Gasteiger partial charge < -0.3 is 4.90 Å². The van der Waals surface area contributed by atoms with Crippen molar-refractivity contribution in [1.82, 2.24) is 4.90 Å². The van der Waals surface area contributed by atoms with Crippen LogP contribution in [0.5, 0.6) is 0 Å². The van der Waals surface area contributed by atoms with Gasteiger partial charge in [-0.3, -0.25) is 4.99 Å². The fourth-order valence-corrected chi connectivity index (χ4v) is 2.06. The minimum absolute atomic E-state index is 0.978. The Morgan fingerprint density at radius 1 is 1.25 bits per heavy atom. The molecule has 2 rings (SSSR count). The normalized spacial score (nSPS) is 15.3. The van der Waals surface area contributed by atoms with Crippen LogP contribution < -0.4 is 0 Å². The minimum atomic E-state index is 0.978. The number of unbranched alkanes of at least 4 members (excludes halogenated alkanes) is 1. The molecule has 0 fully saturated rings. The molecule has 0 atom stereocenters. The Kier molecular flexibility index (Phi) is 3.97. The summed E-state index contributed by atoms with van der Waals surface area (Å²) in [6, 6.07) is 10.6. The third-order valence-corrected chi connectivity index (χ3v) is 3.02. The van der Waals surface area contributed by atoms with Gasteiger partial charge in [0.15, 0.2) is 0 Å². The number of benzene rings is 1. The molecule has 0 saturated carbocycles. The summed E-state index contributed by atoms with van der Waals surface area (Å²) < 4.78 is 0. The van der Waals surface area contributed by atoms with Crippen LogP contribution >= 0.6 is 0 Å². The smallest absolute Gasteiger partial charge is 0.103 e. The first-order valence-corrected chi connectivity index (χ1v) is 6.22. The SMILES string of the molecule is CCCCN1CCN=C1Cc1ccccc1. The van der Waals surface area contributed by atoms with Gasteiger partial charge in [-0.1, -0.05) is 43.7 Å². The highest BCUT2D eigenvalue weighted by molar-refractivity contribution is 5.85. The van der Waals surface area contributed by atoms with Crippen molar-refractivity contribution in [3.63, 3.8) is 0 Å². The molecule has 16 heavy (non-hydrogen) atoms. The molecule has 0 bridgehead atoms. The molecule has 1 aliphatic rings. The molecular weight excluding hydrogens is 196 g/mol. The number of rotatable bonds is 5. The topological polar surface area (TPSA) is 15.6 Å². The molecular formula is C14H20N2. The molecule has 1 aromatic carbocycles. The fourth-order valence-electron chi connectivity index (χ4n) is 2.06. The van der Waals surface area contributed by atoms with E-state index in [-0.39, 0.29) is 0 Å². The van der Waals surface area contributed by atoms with E-state index in [0.717, 1.165) is 19.5 Å². The Hall–Kier alpha value is -1.31. The van der Waals surface area contributed by atoms with Crippen molar-refractivity contribution < 1.29 is 0 Å². The lowest BCUT2D eigenvalue weighted by Crippen LogP contribution is -2.30. The van der Waals surface area contributed by atoms with Crippen molar-refractivity contribution in [2.24, 2.45) is 4.99 Å². The Labute approximate surface area is 98.0 Å². The molecule has 86 valence electrons. The Balaban J connectivity index is 1.93. The first-order valence-electron chi connectivity index (χ1n) is 6.22. The van der Waals surface area contributed by atoms with Gasteiger partial charge in [0.25, 0.3) is 0 Å². The maximum absolute atomic E-state index is 4.61. The molecule has 0 saturated heterocycles. The predicted octanol–water partition coefficient (Wildman–Crippen LogP) is 2.74. The molecule has 0 spiro atoms. The number of aliphatic imine (C=N–C) groups is 1. The van der Waals surface area contributed by atoms with Gasteiger partial charge in [0.05, 0.1) is 6.54 Å². The quantitative estimate of drug-likeness (QED) is 0.739. The number of hydrogen-bond donors (Lipinski definition) is 0. The lowest BCUT2D eigenvalue weighted by atomic mass is 10.1. The van der Waals surface area contributed by atoms with E-state index in [2.05, 4.69) is 47.1 Å². The second-order valence-electron chi connectivity index (χ2n) is 4.30. The summed E-state index contributed by atoms with van der Waals surface area (Å²) in [4.78, 5) is 7.05. The van der Waals surface area contributed by atoms with E-state index >= 15 is 0 Å². The fraction of sp³-hybridized carbons (Fsp3) is 0.500. The largest absolute Gasteiger partial charge is 0.358 e. The zero-order chi connectivity index (χ0) is 11.2. The van der Waals surface area contributed by atoms with E-state index < -0.39 is 0 Å². The van der Waals surface area contributed by atoms with Crippen LogP contribution in [0.4, 0.5) is 0 Å². The van der Waals surface area contributed by atoms with E-state index in [1.54, 1.807) is 0 Å². The van der Waals surface area contributed by atoms with Crippen molar-refractivity contribution in [3.8, 4) is 0 Å². The van der Waals surface area contributed by atoms with Crippen LogP contribution in [0.3, 0.4) is 0 Å². The highest BCUT2D eigenvalue weighted by atomic mass is 15.2. The van der Waals surface area contributed by atoms with Crippen LogP contribution in [0.15, 0.2) is 35.3 Å². The minimum Gasteiger partial charge on any atom is -0.358 e. The molecule has 0 N–H and O–H groups in total. The molecule has 0 aromatic heterocycles. The Morgan fingerprint density at radius 2 is 2.06 bits per heavy atom. The monoisotopic (exact) mass is 216 g/mol. The van der Waals surface area contributed by atoms with Crippen LogP contribution in [0.2, 0.25) is 0 Å². The Bertz CT molecular complexity index is 343. The van der Waals surface area contributed by atoms with Gasteiger partial charge in [0.2, 0.25) is 0 Å². The maximum Gasteiger partial charge on any atom is 0.103 e. The molecule has 2 heteroatoms. The van der Waals surface area contributed by atoms with Crippen molar-refractivity contribution >= 4 is 5.84 Å². The van der Waals surface area contributed by atoms with Gasteiger partial charge >= 0.3 is 0 Å². The van der Waals surface area contributed by atoms with Crippen molar-refractivity contribution in [2.75, 3.05) is 19.6 Å². The molecule has 2 nitrogen and oxygen atoms in total. The summed E-state index contributed by atoms with van der Waals surface area (Å²) in [7, 11) is 0. The first kappa shape index (κ1) is 11.2. The second kappa shape index (κ2) is 5.69. The van der Waals surface area contributed by atoms with Crippen LogP contribution in [-0.4, -0.2) is 30.4 Å². The first-order chi connectivity index (χ1) is 7.90. The van der Waals surface area contributed by atoms with Crippen LogP contribution in [0.1, 0.15) is 25.3 Å². The second-order valence-corrected chi connectivity index (χ2v) is 4.30. The van der Waals surface area contributed by atoms with Gasteiger partial charge in [-0.05, 0) is 12.0 Å². The highest BCUT2D eigenvalue weighted by Gasteiger charge is 2.15. The standard InChI is InChI=1S/C14H20N2/c1-2-3-10-16-11-9-15-14(16)12-13-7-5-4-6-8-13/h4-8H,2-3,9-12H2,1H3. The van der Waals surface area contributed by atoms with Gasteiger partial charge in [0.1, 0.15) is 5.84 Å². The molecule has 0 radical (unpaired) electrons. The van der Waals surface area contributed by atoms with Crippen LogP contribution in [-0.2, 0) is 6.42 Å². The zero-order valence-corrected chi connectivity index (χ0v) is 10.0. The van der Waals surface area contributed by atoms with E-state index in [1.165, 1.54) is 30.8 Å². The number of nitrogens with zero attached hydrogens (tertiary/aromatic N) is 2. The summed E-state index contributed by atoms with van der Waals surface area (Å²) >= 11 is 0. The van der Waals surface area contributed by atoms with Gasteiger partial charge in [0, 0.05) is 19.5 Å². The van der Waals surface area contributed by atoms with Crippen molar-refractivity contribution in [2.45, 2.75) is 26.2 Å². The Morgan fingerprint density at radius 3 is 2.81 bits per heavy atom. The average molecular weight is 216 g/mol. The lowest BCUT2D eigenvalue weighted by Gasteiger charge is -2.20.